The Morgan fingerprint density at radius 2 is 1.50 bits per heavy atom. The van der Waals surface area contributed by atoms with Gasteiger partial charge in [-0.15, -0.1) is 0 Å². The standard InChI is InChI=1S/C17H19N/c1-13(2)16-11-7-8-12-17(16)18-14(3)15-9-5-4-6-10-15/h4-13H,1-3H3. The zero-order valence-electron chi connectivity index (χ0n) is 11.2. The third-order valence-corrected chi connectivity index (χ3v) is 3.04. The summed E-state index contributed by atoms with van der Waals surface area (Å²) in [5.74, 6) is 0.494. The van der Waals surface area contributed by atoms with Gasteiger partial charge in [-0.25, -0.2) is 0 Å². The van der Waals surface area contributed by atoms with Crippen LogP contribution >= 0.6 is 0 Å². The second-order valence-corrected chi connectivity index (χ2v) is 4.78. The van der Waals surface area contributed by atoms with Gasteiger partial charge in [0.05, 0.1) is 5.69 Å². The van der Waals surface area contributed by atoms with Gasteiger partial charge >= 0.3 is 0 Å². The van der Waals surface area contributed by atoms with Gasteiger partial charge < -0.3 is 0 Å². The van der Waals surface area contributed by atoms with Gasteiger partial charge in [0.2, 0.25) is 0 Å². The van der Waals surface area contributed by atoms with Gasteiger partial charge in [0.1, 0.15) is 0 Å². The fourth-order valence-corrected chi connectivity index (χ4v) is 2.00. The topological polar surface area (TPSA) is 12.4 Å². The van der Waals surface area contributed by atoms with E-state index in [1.54, 1.807) is 0 Å². The van der Waals surface area contributed by atoms with Gasteiger partial charge in [-0.3, -0.25) is 4.99 Å². The van der Waals surface area contributed by atoms with Crippen molar-refractivity contribution in [3.8, 4) is 0 Å². The minimum atomic E-state index is 0.494. The summed E-state index contributed by atoms with van der Waals surface area (Å²) >= 11 is 0. The first-order valence-electron chi connectivity index (χ1n) is 6.38. The number of para-hydroxylation sites is 1. The second-order valence-electron chi connectivity index (χ2n) is 4.78. The Bertz CT molecular complexity index is 539. The lowest BCUT2D eigenvalue weighted by molar-refractivity contribution is 0.867. The van der Waals surface area contributed by atoms with E-state index in [2.05, 4.69) is 51.1 Å². The Kier molecular flexibility index (Phi) is 3.93. The SMILES string of the molecule is CC(=Nc1ccccc1C(C)C)c1ccccc1. The van der Waals surface area contributed by atoms with Crippen LogP contribution in [-0.4, -0.2) is 5.71 Å². The van der Waals surface area contributed by atoms with Gasteiger partial charge in [-0.2, -0.15) is 0 Å². The van der Waals surface area contributed by atoms with Gasteiger partial charge in [-0.05, 0) is 30.0 Å². The predicted octanol–water partition coefficient (Wildman–Crippen LogP) is 4.95. The van der Waals surface area contributed by atoms with Gasteiger partial charge in [0, 0.05) is 5.71 Å². The highest BCUT2D eigenvalue weighted by molar-refractivity contribution is 6.00. The molecule has 0 amide bonds. The molecule has 2 aromatic rings. The maximum absolute atomic E-state index is 4.77. The molecule has 0 aromatic heterocycles. The first-order valence-corrected chi connectivity index (χ1v) is 6.38. The lowest BCUT2D eigenvalue weighted by Gasteiger charge is -2.10. The Labute approximate surface area is 109 Å². The molecule has 0 fully saturated rings. The van der Waals surface area contributed by atoms with Crippen molar-refractivity contribution in [3.05, 3.63) is 65.7 Å². The Morgan fingerprint density at radius 1 is 0.889 bits per heavy atom. The van der Waals surface area contributed by atoms with Crippen LogP contribution in [0.5, 0.6) is 0 Å². The van der Waals surface area contributed by atoms with Crippen molar-refractivity contribution >= 4 is 11.4 Å². The maximum Gasteiger partial charge on any atom is 0.0667 e. The van der Waals surface area contributed by atoms with Gasteiger partial charge in [0.15, 0.2) is 0 Å². The monoisotopic (exact) mass is 237 g/mol. The minimum Gasteiger partial charge on any atom is -0.253 e. The van der Waals surface area contributed by atoms with Crippen molar-refractivity contribution in [3.63, 3.8) is 0 Å². The van der Waals surface area contributed by atoms with E-state index in [9.17, 15) is 0 Å². The van der Waals surface area contributed by atoms with Gasteiger partial charge in [-0.1, -0.05) is 62.4 Å². The molecule has 0 atom stereocenters. The molecule has 1 heteroatoms. The average Bonchev–Trinajstić information content (AvgIpc) is 2.40. The molecule has 2 rings (SSSR count). The summed E-state index contributed by atoms with van der Waals surface area (Å²) in [5, 5.41) is 0. The van der Waals surface area contributed by atoms with E-state index in [0.717, 1.165) is 11.4 Å². The van der Waals surface area contributed by atoms with Crippen LogP contribution in [0.4, 0.5) is 5.69 Å². The van der Waals surface area contributed by atoms with Crippen LogP contribution in [0.25, 0.3) is 0 Å². The zero-order chi connectivity index (χ0) is 13.0. The Balaban J connectivity index is 2.39. The van der Waals surface area contributed by atoms with Crippen molar-refractivity contribution in [2.75, 3.05) is 0 Å². The molecule has 0 aliphatic carbocycles. The minimum absolute atomic E-state index is 0.494. The zero-order valence-corrected chi connectivity index (χ0v) is 11.2. The predicted molar refractivity (Wildman–Crippen MR) is 78.8 cm³/mol. The number of aliphatic imine (C=N–C) groups is 1. The third kappa shape index (κ3) is 2.86. The molecule has 0 spiro atoms. The largest absolute Gasteiger partial charge is 0.253 e. The van der Waals surface area contributed by atoms with Crippen molar-refractivity contribution in [2.45, 2.75) is 26.7 Å². The van der Waals surface area contributed by atoms with Crippen molar-refractivity contribution < 1.29 is 0 Å². The molecule has 0 aliphatic rings. The molecule has 1 nitrogen and oxygen atoms in total. The summed E-state index contributed by atoms with van der Waals surface area (Å²) in [4.78, 5) is 4.77. The summed E-state index contributed by atoms with van der Waals surface area (Å²) < 4.78 is 0. The Hall–Kier alpha value is -1.89. The number of benzene rings is 2. The van der Waals surface area contributed by atoms with E-state index in [0.29, 0.717) is 5.92 Å². The van der Waals surface area contributed by atoms with Crippen molar-refractivity contribution in [1.82, 2.24) is 0 Å². The van der Waals surface area contributed by atoms with Crippen molar-refractivity contribution in [1.29, 1.82) is 0 Å². The fourth-order valence-electron chi connectivity index (χ4n) is 2.00. The fraction of sp³-hybridized carbons (Fsp3) is 0.235. The quantitative estimate of drug-likeness (QED) is 0.670. The van der Waals surface area contributed by atoms with Crippen LogP contribution in [0.15, 0.2) is 59.6 Å². The molecule has 0 saturated carbocycles. The normalized spacial score (nSPS) is 11.9. The highest BCUT2D eigenvalue weighted by Gasteiger charge is 2.05. The van der Waals surface area contributed by atoms with Crippen LogP contribution in [0.1, 0.15) is 37.8 Å². The average molecular weight is 237 g/mol. The molecule has 92 valence electrons. The van der Waals surface area contributed by atoms with E-state index in [-0.39, 0.29) is 0 Å². The molecule has 0 radical (unpaired) electrons. The Morgan fingerprint density at radius 3 is 2.17 bits per heavy atom. The van der Waals surface area contributed by atoms with E-state index >= 15 is 0 Å². The summed E-state index contributed by atoms with van der Waals surface area (Å²) in [5.41, 5.74) is 4.61. The molecule has 0 unspecified atom stereocenters. The molecule has 0 bridgehead atoms. The van der Waals surface area contributed by atoms with E-state index in [4.69, 9.17) is 4.99 Å². The molecule has 0 heterocycles. The van der Waals surface area contributed by atoms with E-state index in [1.807, 2.05) is 24.3 Å². The van der Waals surface area contributed by atoms with Gasteiger partial charge in [0.25, 0.3) is 0 Å². The highest BCUT2D eigenvalue weighted by atomic mass is 14.7. The second kappa shape index (κ2) is 5.63. The van der Waals surface area contributed by atoms with E-state index in [1.165, 1.54) is 11.1 Å². The summed E-state index contributed by atoms with van der Waals surface area (Å²) in [7, 11) is 0. The summed E-state index contributed by atoms with van der Waals surface area (Å²) in [6.45, 7) is 6.46. The van der Waals surface area contributed by atoms with Crippen LogP contribution in [0, 0.1) is 0 Å². The number of rotatable bonds is 3. The number of nitrogens with zero attached hydrogens (tertiary/aromatic N) is 1. The first kappa shape index (κ1) is 12.6. The smallest absolute Gasteiger partial charge is 0.0667 e. The summed E-state index contributed by atoms with van der Waals surface area (Å²) in [6, 6.07) is 18.7. The molecular weight excluding hydrogens is 218 g/mol. The molecule has 2 aromatic carbocycles. The van der Waals surface area contributed by atoms with Crippen LogP contribution < -0.4 is 0 Å². The molecular formula is C17H19N. The molecule has 18 heavy (non-hydrogen) atoms. The first-order chi connectivity index (χ1) is 8.68. The highest BCUT2D eigenvalue weighted by Crippen LogP contribution is 2.26. The number of hydrogen-bond donors (Lipinski definition) is 0. The lowest BCUT2D eigenvalue weighted by Crippen LogP contribution is -1.95. The van der Waals surface area contributed by atoms with Crippen LogP contribution in [0.2, 0.25) is 0 Å². The van der Waals surface area contributed by atoms with E-state index < -0.39 is 0 Å². The van der Waals surface area contributed by atoms with Crippen LogP contribution in [0.3, 0.4) is 0 Å². The van der Waals surface area contributed by atoms with Crippen LogP contribution in [-0.2, 0) is 0 Å². The lowest BCUT2D eigenvalue weighted by atomic mass is 10.0. The summed E-state index contributed by atoms with van der Waals surface area (Å²) in [6.07, 6.45) is 0. The number of hydrogen-bond acceptors (Lipinski definition) is 1. The molecule has 0 aliphatic heterocycles. The molecule has 0 saturated heterocycles. The maximum atomic E-state index is 4.77. The third-order valence-electron chi connectivity index (χ3n) is 3.04. The molecule has 0 N–H and O–H groups in total. The van der Waals surface area contributed by atoms with Crippen molar-refractivity contribution in [2.24, 2.45) is 4.99 Å².